The topological polar surface area (TPSA) is 13.1 Å². The summed E-state index contributed by atoms with van der Waals surface area (Å²) in [6.07, 6.45) is 0. The highest BCUT2D eigenvalue weighted by molar-refractivity contribution is 6.22. The lowest BCUT2D eigenvalue weighted by molar-refractivity contribution is 0.669. The van der Waals surface area contributed by atoms with Gasteiger partial charge in [-0.3, -0.25) is 0 Å². The molecule has 0 spiro atoms. The van der Waals surface area contributed by atoms with Crippen molar-refractivity contribution < 1.29 is 4.42 Å². The van der Waals surface area contributed by atoms with E-state index in [9.17, 15) is 0 Å². The molecule has 0 N–H and O–H groups in total. The maximum atomic E-state index is 6.30. The first-order valence-electron chi connectivity index (χ1n) is 15.4. The van der Waals surface area contributed by atoms with E-state index >= 15 is 0 Å². The van der Waals surface area contributed by atoms with Crippen molar-refractivity contribution in [1.29, 1.82) is 0 Å². The Bertz CT molecular complexity index is 2460. The van der Waals surface area contributed by atoms with Gasteiger partial charge in [-0.25, -0.2) is 0 Å². The van der Waals surface area contributed by atoms with Crippen LogP contribution in [0, 0.1) is 0 Å². The number of hydrogen-bond acceptors (Lipinski definition) is 1. The Morgan fingerprint density at radius 1 is 0.267 bits per heavy atom. The van der Waals surface area contributed by atoms with E-state index in [2.05, 4.69) is 158 Å². The molecule has 1 heteroatoms. The average molecular weight is 573 g/mol. The van der Waals surface area contributed by atoms with Crippen molar-refractivity contribution in [3.8, 4) is 44.5 Å². The Balaban J connectivity index is 1.28. The zero-order valence-electron chi connectivity index (χ0n) is 24.6. The van der Waals surface area contributed by atoms with Crippen molar-refractivity contribution in [1.82, 2.24) is 0 Å². The van der Waals surface area contributed by atoms with Crippen LogP contribution >= 0.6 is 0 Å². The van der Waals surface area contributed by atoms with Crippen molar-refractivity contribution in [2.75, 3.05) is 0 Å². The summed E-state index contributed by atoms with van der Waals surface area (Å²) >= 11 is 0. The first-order chi connectivity index (χ1) is 22.3. The zero-order valence-corrected chi connectivity index (χ0v) is 24.6. The Kier molecular flexibility index (Phi) is 5.89. The highest BCUT2D eigenvalue weighted by Crippen LogP contribution is 2.46. The van der Waals surface area contributed by atoms with E-state index in [0.29, 0.717) is 0 Å². The predicted molar refractivity (Wildman–Crippen MR) is 190 cm³/mol. The van der Waals surface area contributed by atoms with Crippen LogP contribution in [0.25, 0.3) is 88.0 Å². The summed E-state index contributed by atoms with van der Waals surface area (Å²) < 4.78 is 6.30. The molecule has 0 aliphatic carbocycles. The molecule has 0 fully saturated rings. The fourth-order valence-corrected chi connectivity index (χ4v) is 7.04. The van der Waals surface area contributed by atoms with Gasteiger partial charge < -0.3 is 4.42 Å². The molecule has 0 saturated carbocycles. The fraction of sp³-hybridized carbons (Fsp3) is 0. The van der Waals surface area contributed by atoms with Gasteiger partial charge in [0.2, 0.25) is 0 Å². The van der Waals surface area contributed by atoms with Gasteiger partial charge in [0.25, 0.3) is 0 Å². The maximum Gasteiger partial charge on any atom is 0.136 e. The Morgan fingerprint density at radius 2 is 0.733 bits per heavy atom. The second kappa shape index (κ2) is 10.4. The first kappa shape index (κ1) is 25.6. The largest absolute Gasteiger partial charge is 0.456 e. The molecule has 9 rings (SSSR count). The average Bonchev–Trinajstić information content (AvgIpc) is 3.49. The number of para-hydroxylation sites is 1. The summed E-state index contributed by atoms with van der Waals surface area (Å²) in [6, 6.07) is 61.0. The molecule has 8 aromatic carbocycles. The quantitative estimate of drug-likeness (QED) is 0.191. The third kappa shape index (κ3) is 4.17. The maximum absolute atomic E-state index is 6.30. The summed E-state index contributed by atoms with van der Waals surface area (Å²) in [5, 5.41) is 7.29. The summed E-state index contributed by atoms with van der Waals surface area (Å²) in [5.41, 5.74) is 11.6. The monoisotopic (exact) mass is 572 g/mol. The molecule has 0 bridgehead atoms. The van der Waals surface area contributed by atoms with Crippen molar-refractivity contribution >= 4 is 43.5 Å². The second-order valence-corrected chi connectivity index (χ2v) is 11.6. The number of fused-ring (bicyclic) bond motifs is 5. The molecule has 0 aliphatic heterocycles. The van der Waals surface area contributed by atoms with Crippen LogP contribution in [0.5, 0.6) is 0 Å². The molecule has 45 heavy (non-hydrogen) atoms. The van der Waals surface area contributed by atoms with Crippen molar-refractivity contribution in [2.45, 2.75) is 0 Å². The number of rotatable bonds is 4. The van der Waals surface area contributed by atoms with Gasteiger partial charge in [-0.1, -0.05) is 152 Å². The minimum Gasteiger partial charge on any atom is -0.456 e. The third-order valence-corrected chi connectivity index (χ3v) is 9.10. The Labute approximate surface area is 261 Å². The van der Waals surface area contributed by atoms with Crippen LogP contribution in [-0.2, 0) is 0 Å². The van der Waals surface area contributed by atoms with Gasteiger partial charge >= 0.3 is 0 Å². The van der Waals surface area contributed by atoms with E-state index in [1.165, 1.54) is 60.5 Å². The van der Waals surface area contributed by atoms with E-state index in [-0.39, 0.29) is 0 Å². The molecule has 0 amide bonds. The lowest BCUT2D eigenvalue weighted by atomic mass is 9.83. The van der Waals surface area contributed by atoms with E-state index in [1.54, 1.807) is 0 Å². The van der Waals surface area contributed by atoms with Crippen molar-refractivity contribution in [3.63, 3.8) is 0 Å². The minimum atomic E-state index is 0.910. The second-order valence-electron chi connectivity index (χ2n) is 11.6. The van der Waals surface area contributed by atoms with Crippen LogP contribution in [-0.4, -0.2) is 0 Å². The first-order valence-corrected chi connectivity index (χ1v) is 15.4. The third-order valence-electron chi connectivity index (χ3n) is 9.10. The van der Waals surface area contributed by atoms with E-state index in [1.807, 2.05) is 12.1 Å². The van der Waals surface area contributed by atoms with Crippen LogP contribution in [0.2, 0.25) is 0 Å². The molecule has 1 heterocycles. The Morgan fingerprint density at radius 3 is 1.42 bits per heavy atom. The molecule has 1 aromatic heterocycles. The molecule has 0 aliphatic rings. The number of benzene rings is 8. The van der Waals surface area contributed by atoms with Crippen LogP contribution in [0.1, 0.15) is 0 Å². The molecular formula is C44H28O. The zero-order chi connectivity index (χ0) is 29.7. The van der Waals surface area contributed by atoms with Crippen LogP contribution in [0.3, 0.4) is 0 Å². The van der Waals surface area contributed by atoms with Crippen LogP contribution in [0.4, 0.5) is 0 Å². The fourth-order valence-electron chi connectivity index (χ4n) is 7.04. The van der Waals surface area contributed by atoms with Gasteiger partial charge in [0.1, 0.15) is 11.2 Å². The predicted octanol–water partition coefficient (Wildman–Crippen LogP) is 12.6. The SMILES string of the molecule is c1ccc(-c2ccc(-c3c4ccccc4c(-c4ccccc4-c4ccc5c(c4)oc4ccccc45)c4ccccc34)cc2)cc1. The minimum absolute atomic E-state index is 0.910. The standard InChI is InChI=1S/C44H28O/c1-2-12-29(13-3-1)30-22-24-31(25-23-30)43-37-17-6-8-19-39(37)44(40-20-9-7-18-38(40)43)36-16-5-4-14-33(36)32-26-27-35-34-15-10-11-21-41(34)45-42(35)28-32/h1-28H. The van der Waals surface area contributed by atoms with E-state index in [0.717, 1.165) is 27.5 Å². The number of furan rings is 1. The molecular weight excluding hydrogens is 544 g/mol. The summed E-state index contributed by atoms with van der Waals surface area (Å²) in [7, 11) is 0. The Hall–Kier alpha value is -5.92. The highest BCUT2D eigenvalue weighted by Gasteiger charge is 2.19. The van der Waals surface area contributed by atoms with Gasteiger partial charge in [-0.15, -0.1) is 0 Å². The summed E-state index contributed by atoms with van der Waals surface area (Å²) in [6.45, 7) is 0. The summed E-state index contributed by atoms with van der Waals surface area (Å²) in [5.74, 6) is 0. The lowest BCUT2D eigenvalue weighted by Gasteiger charge is -2.20. The van der Waals surface area contributed by atoms with Gasteiger partial charge in [0.05, 0.1) is 0 Å². The molecule has 0 atom stereocenters. The van der Waals surface area contributed by atoms with Crippen molar-refractivity contribution in [2.24, 2.45) is 0 Å². The van der Waals surface area contributed by atoms with Gasteiger partial charge in [-0.05, 0) is 84.3 Å². The van der Waals surface area contributed by atoms with Gasteiger partial charge in [0, 0.05) is 10.8 Å². The smallest absolute Gasteiger partial charge is 0.136 e. The van der Waals surface area contributed by atoms with Crippen LogP contribution < -0.4 is 0 Å². The lowest BCUT2D eigenvalue weighted by Crippen LogP contribution is -1.92. The van der Waals surface area contributed by atoms with Gasteiger partial charge in [0.15, 0.2) is 0 Å². The molecule has 1 nitrogen and oxygen atoms in total. The molecule has 0 radical (unpaired) electrons. The molecule has 0 unspecified atom stereocenters. The molecule has 210 valence electrons. The van der Waals surface area contributed by atoms with Crippen LogP contribution in [0.15, 0.2) is 174 Å². The molecule has 0 saturated heterocycles. The van der Waals surface area contributed by atoms with Gasteiger partial charge in [-0.2, -0.15) is 0 Å². The molecule has 9 aromatic rings. The van der Waals surface area contributed by atoms with Crippen molar-refractivity contribution in [3.05, 3.63) is 170 Å². The summed E-state index contributed by atoms with van der Waals surface area (Å²) in [4.78, 5) is 0. The highest BCUT2D eigenvalue weighted by atomic mass is 16.3. The normalized spacial score (nSPS) is 11.6. The van der Waals surface area contributed by atoms with E-state index < -0.39 is 0 Å². The van der Waals surface area contributed by atoms with E-state index in [4.69, 9.17) is 4.42 Å². The number of hydrogen-bond donors (Lipinski definition) is 0.